The average molecular weight is 223 g/mol. The number of thioether (sulfide) groups is 1. The molecular weight excluding hydrogens is 216 g/mol. The number of benzene rings is 1. The first-order valence-electron chi connectivity index (χ1n) is 3.95. The number of hydrogen-bond acceptors (Lipinski definition) is 3. The summed E-state index contributed by atoms with van der Waals surface area (Å²) in [5, 5.41) is 19.4. The molecule has 0 fully saturated rings. The summed E-state index contributed by atoms with van der Waals surface area (Å²) in [5.41, 5.74) is 0.979. The molecule has 0 radical (unpaired) electrons. The van der Waals surface area contributed by atoms with Crippen LogP contribution in [0, 0.1) is 22.0 Å². The molecule has 70 valence electrons. The SMILES string of the molecule is N#CS[C@H](C#N)Cc1cccc(Cl)c1. The van der Waals surface area contributed by atoms with Crippen LogP contribution >= 0.6 is 23.4 Å². The van der Waals surface area contributed by atoms with Crippen LogP contribution in [0.2, 0.25) is 5.02 Å². The number of nitriles is 2. The molecule has 0 heterocycles. The van der Waals surface area contributed by atoms with Gasteiger partial charge in [0.15, 0.2) is 0 Å². The fourth-order valence-electron chi connectivity index (χ4n) is 1.06. The van der Waals surface area contributed by atoms with Gasteiger partial charge in [-0.3, -0.25) is 0 Å². The molecule has 14 heavy (non-hydrogen) atoms. The quantitative estimate of drug-likeness (QED) is 0.739. The lowest BCUT2D eigenvalue weighted by atomic mass is 10.1. The molecule has 0 spiro atoms. The van der Waals surface area contributed by atoms with Gasteiger partial charge < -0.3 is 0 Å². The van der Waals surface area contributed by atoms with Gasteiger partial charge in [0.25, 0.3) is 0 Å². The molecule has 1 atom stereocenters. The summed E-state index contributed by atoms with van der Waals surface area (Å²) in [7, 11) is 0. The minimum atomic E-state index is -0.321. The second-order valence-electron chi connectivity index (χ2n) is 2.66. The minimum Gasteiger partial charge on any atom is -0.197 e. The van der Waals surface area contributed by atoms with Crippen molar-refractivity contribution in [2.24, 2.45) is 0 Å². The van der Waals surface area contributed by atoms with E-state index >= 15 is 0 Å². The number of thiocyanates is 1. The maximum atomic E-state index is 8.73. The monoisotopic (exact) mass is 222 g/mol. The van der Waals surface area contributed by atoms with Crippen LogP contribution in [0.5, 0.6) is 0 Å². The first-order valence-corrected chi connectivity index (χ1v) is 5.21. The summed E-state index contributed by atoms with van der Waals surface area (Å²) in [6.45, 7) is 0. The van der Waals surface area contributed by atoms with E-state index in [0.717, 1.165) is 17.3 Å². The Morgan fingerprint density at radius 1 is 1.43 bits per heavy atom. The molecule has 1 rings (SSSR count). The van der Waals surface area contributed by atoms with Gasteiger partial charge in [0, 0.05) is 5.02 Å². The molecule has 0 unspecified atom stereocenters. The van der Waals surface area contributed by atoms with E-state index < -0.39 is 0 Å². The van der Waals surface area contributed by atoms with E-state index in [2.05, 4.69) is 6.07 Å². The van der Waals surface area contributed by atoms with Gasteiger partial charge in [-0.25, -0.2) is 0 Å². The van der Waals surface area contributed by atoms with Crippen LogP contribution in [0.3, 0.4) is 0 Å². The van der Waals surface area contributed by atoms with E-state index in [9.17, 15) is 0 Å². The molecule has 2 nitrogen and oxygen atoms in total. The average Bonchev–Trinajstić information content (AvgIpc) is 2.17. The van der Waals surface area contributed by atoms with Gasteiger partial charge in [0.05, 0.1) is 6.07 Å². The minimum absolute atomic E-state index is 0.321. The molecule has 0 bridgehead atoms. The highest BCUT2D eigenvalue weighted by Crippen LogP contribution is 2.17. The van der Waals surface area contributed by atoms with Crippen molar-refractivity contribution in [3.8, 4) is 11.5 Å². The number of hydrogen-bond donors (Lipinski definition) is 0. The van der Waals surface area contributed by atoms with Crippen molar-refractivity contribution in [3.63, 3.8) is 0 Å². The summed E-state index contributed by atoms with van der Waals surface area (Å²) in [6, 6.07) is 9.39. The lowest BCUT2D eigenvalue weighted by molar-refractivity contribution is 1.03. The molecule has 0 aliphatic carbocycles. The molecule has 0 saturated carbocycles. The lowest BCUT2D eigenvalue weighted by Gasteiger charge is -2.03. The van der Waals surface area contributed by atoms with E-state index in [1.165, 1.54) is 0 Å². The summed E-state index contributed by atoms with van der Waals surface area (Å²) in [6.07, 6.45) is 0.551. The van der Waals surface area contributed by atoms with Crippen LogP contribution in [-0.2, 0) is 6.42 Å². The number of rotatable bonds is 3. The molecule has 4 heteroatoms. The third kappa shape index (κ3) is 3.30. The zero-order valence-corrected chi connectivity index (χ0v) is 8.85. The van der Waals surface area contributed by atoms with Crippen molar-refractivity contribution in [1.29, 1.82) is 10.5 Å². The van der Waals surface area contributed by atoms with E-state index in [0.29, 0.717) is 11.4 Å². The largest absolute Gasteiger partial charge is 0.197 e. The zero-order chi connectivity index (χ0) is 10.4. The van der Waals surface area contributed by atoms with E-state index in [-0.39, 0.29) is 5.25 Å². The highest BCUT2D eigenvalue weighted by molar-refractivity contribution is 8.04. The Morgan fingerprint density at radius 3 is 2.79 bits per heavy atom. The highest BCUT2D eigenvalue weighted by atomic mass is 35.5. The van der Waals surface area contributed by atoms with E-state index in [1.54, 1.807) is 6.07 Å². The maximum absolute atomic E-state index is 8.73. The molecule has 0 aromatic heterocycles. The third-order valence-corrected chi connectivity index (χ3v) is 2.55. The molecule has 1 aromatic carbocycles. The molecule has 1 aromatic rings. The van der Waals surface area contributed by atoms with Crippen molar-refractivity contribution in [2.45, 2.75) is 11.7 Å². The van der Waals surface area contributed by atoms with E-state index in [4.69, 9.17) is 22.1 Å². The van der Waals surface area contributed by atoms with Crippen LogP contribution in [0.4, 0.5) is 0 Å². The van der Waals surface area contributed by atoms with Crippen LogP contribution in [0.15, 0.2) is 24.3 Å². The second kappa shape index (κ2) is 5.54. The van der Waals surface area contributed by atoms with Crippen molar-refractivity contribution in [1.82, 2.24) is 0 Å². The predicted molar refractivity (Wildman–Crippen MR) is 57.8 cm³/mol. The summed E-state index contributed by atoms with van der Waals surface area (Å²) < 4.78 is 0. The van der Waals surface area contributed by atoms with Crippen molar-refractivity contribution < 1.29 is 0 Å². The smallest absolute Gasteiger partial charge is 0.134 e. The Labute approximate surface area is 92.1 Å². The van der Waals surface area contributed by atoms with Crippen LogP contribution < -0.4 is 0 Å². The van der Waals surface area contributed by atoms with Gasteiger partial charge in [-0.2, -0.15) is 10.5 Å². The van der Waals surface area contributed by atoms with Gasteiger partial charge in [-0.15, -0.1) is 0 Å². The van der Waals surface area contributed by atoms with Gasteiger partial charge >= 0.3 is 0 Å². The standard InChI is InChI=1S/C10H7ClN2S/c11-9-3-1-2-8(4-9)5-10(6-12)14-7-13/h1-4,10H,5H2/t10-/m0/s1. The van der Waals surface area contributed by atoms with Crippen LogP contribution in [-0.4, -0.2) is 5.25 Å². The fourth-order valence-corrected chi connectivity index (χ4v) is 1.72. The van der Waals surface area contributed by atoms with Crippen LogP contribution in [0.1, 0.15) is 5.56 Å². The molecule has 0 amide bonds. The maximum Gasteiger partial charge on any atom is 0.134 e. The molecular formula is C10H7ClN2S. The first-order chi connectivity index (χ1) is 6.76. The van der Waals surface area contributed by atoms with Gasteiger partial charge in [0.1, 0.15) is 10.7 Å². The number of halogens is 1. The summed E-state index contributed by atoms with van der Waals surface area (Å²) in [5.74, 6) is 0. The Kier molecular flexibility index (Phi) is 4.32. The third-order valence-electron chi connectivity index (χ3n) is 1.65. The van der Waals surface area contributed by atoms with Gasteiger partial charge in [0.2, 0.25) is 0 Å². The lowest BCUT2D eigenvalue weighted by Crippen LogP contribution is -2.02. The topological polar surface area (TPSA) is 47.6 Å². The van der Waals surface area contributed by atoms with E-state index in [1.807, 2.05) is 23.6 Å². The molecule has 0 saturated heterocycles. The Balaban J connectivity index is 2.69. The van der Waals surface area contributed by atoms with Gasteiger partial charge in [-0.1, -0.05) is 23.7 Å². The Bertz CT molecular complexity index is 392. The number of nitrogens with zero attached hydrogens (tertiary/aromatic N) is 2. The molecule has 0 aliphatic rings. The first kappa shape index (κ1) is 10.9. The predicted octanol–water partition coefficient (Wildman–Crippen LogP) is 2.99. The van der Waals surface area contributed by atoms with Crippen molar-refractivity contribution >= 4 is 23.4 Å². The Hall–Kier alpha value is -1.16. The van der Waals surface area contributed by atoms with Crippen molar-refractivity contribution in [3.05, 3.63) is 34.9 Å². The second-order valence-corrected chi connectivity index (χ2v) is 4.08. The highest BCUT2D eigenvalue weighted by Gasteiger charge is 2.08. The fraction of sp³-hybridized carbons (Fsp3) is 0.200. The Morgan fingerprint density at radius 2 is 2.21 bits per heavy atom. The molecule has 0 N–H and O–H groups in total. The van der Waals surface area contributed by atoms with Crippen molar-refractivity contribution in [2.75, 3.05) is 0 Å². The van der Waals surface area contributed by atoms with Crippen LogP contribution in [0.25, 0.3) is 0 Å². The van der Waals surface area contributed by atoms with Gasteiger partial charge in [-0.05, 0) is 35.9 Å². The zero-order valence-electron chi connectivity index (χ0n) is 7.27. The normalized spacial score (nSPS) is 11.4. The molecule has 0 aliphatic heterocycles. The summed E-state index contributed by atoms with van der Waals surface area (Å²) >= 11 is 6.77. The summed E-state index contributed by atoms with van der Waals surface area (Å²) in [4.78, 5) is 0.